The molecule has 2 saturated carbocycles. The van der Waals surface area contributed by atoms with E-state index in [4.69, 9.17) is 11.6 Å². The predicted octanol–water partition coefficient (Wildman–Crippen LogP) is 2.98. The summed E-state index contributed by atoms with van der Waals surface area (Å²) in [6.45, 7) is -0.137. The summed E-state index contributed by atoms with van der Waals surface area (Å²) < 4.78 is 42.1. The maximum atomic E-state index is 14.7. The summed E-state index contributed by atoms with van der Waals surface area (Å²) in [6.07, 6.45) is 7.98. The first-order chi connectivity index (χ1) is 15.8. The van der Waals surface area contributed by atoms with Crippen molar-refractivity contribution in [3.05, 3.63) is 28.9 Å². The fraction of sp³-hybridized carbons (Fsp3) is 0.619. The van der Waals surface area contributed by atoms with Crippen molar-refractivity contribution in [3.8, 4) is 0 Å². The average molecular weight is 497 g/mol. The van der Waals surface area contributed by atoms with Gasteiger partial charge in [0.05, 0.1) is 33.7 Å². The zero-order chi connectivity index (χ0) is 23.0. The SMILES string of the molecule is O=[S@]1CC(F)(F)c2nc(N3C4CC(c5ncc(Cl)cn5)CC3C4)nc(NC3(CO)CCC3)c21. The summed E-state index contributed by atoms with van der Waals surface area (Å²) in [7, 11) is -1.90. The first-order valence-electron chi connectivity index (χ1n) is 11.1. The number of alkyl halides is 2. The lowest BCUT2D eigenvalue weighted by Gasteiger charge is -2.55. The Morgan fingerprint density at radius 2 is 1.88 bits per heavy atom. The lowest BCUT2D eigenvalue weighted by atomic mass is 9.73. The third-order valence-electron chi connectivity index (χ3n) is 7.42. The van der Waals surface area contributed by atoms with Crippen molar-refractivity contribution in [2.45, 2.75) is 72.9 Å². The number of halogens is 3. The van der Waals surface area contributed by atoms with E-state index in [0.717, 1.165) is 31.5 Å². The second kappa shape index (κ2) is 7.51. The molecule has 2 saturated heterocycles. The van der Waals surface area contributed by atoms with Gasteiger partial charge in [-0.05, 0) is 38.5 Å². The van der Waals surface area contributed by atoms with E-state index < -0.39 is 33.7 Å². The summed E-state index contributed by atoms with van der Waals surface area (Å²) in [5.74, 6) is -2.76. The summed E-state index contributed by atoms with van der Waals surface area (Å²) in [5, 5.41) is 13.5. The van der Waals surface area contributed by atoms with Crippen molar-refractivity contribution in [1.82, 2.24) is 19.9 Å². The Labute approximate surface area is 196 Å². The highest BCUT2D eigenvalue weighted by Gasteiger charge is 2.52. The van der Waals surface area contributed by atoms with E-state index in [9.17, 15) is 18.1 Å². The van der Waals surface area contributed by atoms with Gasteiger partial charge >= 0.3 is 5.92 Å². The van der Waals surface area contributed by atoms with Crippen molar-refractivity contribution < 1.29 is 18.1 Å². The number of anilines is 2. The normalized spacial score (nSPS) is 30.8. The van der Waals surface area contributed by atoms with Gasteiger partial charge in [-0.15, -0.1) is 0 Å². The molecule has 0 spiro atoms. The van der Waals surface area contributed by atoms with Crippen molar-refractivity contribution in [3.63, 3.8) is 0 Å². The molecular formula is C21H23ClF2N6O2S. The molecular weight excluding hydrogens is 474 g/mol. The number of aliphatic hydroxyl groups excluding tert-OH is 1. The number of fused-ring (bicyclic) bond motifs is 3. The number of hydrogen-bond donors (Lipinski definition) is 2. The Hall–Kier alpha value is -1.98. The van der Waals surface area contributed by atoms with Crippen LogP contribution >= 0.6 is 11.6 Å². The largest absolute Gasteiger partial charge is 0.394 e. The van der Waals surface area contributed by atoms with Gasteiger partial charge in [0.25, 0.3) is 0 Å². The van der Waals surface area contributed by atoms with Gasteiger partial charge in [0.1, 0.15) is 22.2 Å². The Balaban J connectivity index is 1.33. The Kier molecular flexibility index (Phi) is 4.90. The molecule has 2 aliphatic carbocycles. The molecule has 0 radical (unpaired) electrons. The monoisotopic (exact) mass is 496 g/mol. The highest BCUT2D eigenvalue weighted by atomic mass is 35.5. The minimum absolute atomic E-state index is 0.0263. The van der Waals surface area contributed by atoms with Crippen LogP contribution in [0.2, 0.25) is 5.02 Å². The summed E-state index contributed by atoms with van der Waals surface area (Å²) >= 11 is 5.90. The maximum absolute atomic E-state index is 14.7. The molecule has 2 aromatic heterocycles. The van der Waals surface area contributed by atoms with Gasteiger partial charge in [-0.25, -0.2) is 15.0 Å². The van der Waals surface area contributed by atoms with Crippen LogP contribution in [0.5, 0.6) is 0 Å². The highest BCUT2D eigenvalue weighted by molar-refractivity contribution is 7.85. The molecule has 4 fully saturated rings. The molecule has 2 bridgehead atoms. The fourth-order valence-corrected chi connectivity index (χ4v) is 6.96. The third kappa shape index (κ3) is 3.42. The van der Waals surface area contributed by atoms with Crippen LogP contribution in [0.1, 0.15) is 56.0 Å². The number of piperidine rings is 1. The molecule has 33 heavy (non-hydrogen) atoms. The van der Waals surface area contributed by atoms with E-state index in [1.807, 2.05) is 4.90 Å². The molecule has 0 aromatic carbocycles. The molecule has 3 aliphatic heterocycles. The van der Waals surface area contributed by atoms with Crippen LogP contribution in [0, 0.1) is 0 Å². The molecule has 176 valence electrons. The molecule has 2 unspecified atom stereocenters. The lowest BCUT2D eigenvalue weighted by molar-refractivity contribution is 0.0189. The van der Waals surface area contributed by atoms with Crippen molar-refractivity contribution >= 4 is 34.2 Å². The molecule has 12 heteroatoms. The lowest BCUT2D eigenvalue weighted by Crippen LogP contribution is -2.61. The number of aliphatic hydroxyl groups is 1. The van der Waals surface area contributed by atoms with Crippen LogP contribution in [-0.2, 0) is 16.7 Å². The van der Waals surface area contributed by atoms with Gasteiger partial charge in [-0.2, -0.15) is 13.8 Å². The zero-order valence-corrected chi connectivity index (χ0v) is 19.2. The average Bonchev–Trinajstić information content (AvgIpc) is 2.99. The van der Waals surface area contributed by atoms with Crippen molar-refractivity contribution in [2.75, 3.05) is 22.6 Å². The topological polar surface area (TPSA) is 104 Å². The van der Waals surface area contributed by atoms with E-state index in [0.29, 0.717) is 17.9 Å². The molecule has 3 atom stereocenters. The Morgan fingerprint density at radius 3 is 2.48 bits per heavy atom. The number of nitrogens with zero attached hydrogens (tertiary/aromatic N) is 5. The number of aromatic nitrogens is 4. The molecule has 0 amide bonds. The second-order valence-electron chi connectivity index (χ2n) is 9.54. The molecule has 5 aliphatic rings. The molecule has 8 nitrogen and oxygen atoms in total. The van der Waals surface area contributed by atoms with E-state index in [1.54, 1.807) is 12.4 Å². The van der Waals surface area contributed by atoms with Crippen LogP contribution in [-0.4, -0.2) is 59.2 Å². The number of nitrogens with one attached hydrogen (secondary N) is 1. The van der Waals surface area contributed by atoms with Crippen LogP contribution in [0.3, 0.4) is 0 Å². The maximum Gasteiger partial charge on any atom is 0.302 e. The van der Waals surface area contributed by atoms with E-state index in [-0.39, 0.29) is 41.3 Å². The van der Waals surface area contributed by atoms with Gasteiger partial charge in [-0.1, -0.05) is 11.6 Å². The summed E-state index contributed by atoms with van der Waals surface area (Å²) in [5.41, 5.74) is -1.06. The molecule has 7 rings (SSSR count). The smallest absolute Gasteiger partial charge is 0.302 e. The highest BCUT2D eigenvalue weighted by Crippen LogP contribution is 2.49. The second-order valence-corrected chi connectivity index (χ2v) is 11.4. The minimum Gasteiger partial charge on any atom is -0.394 e. The van der Waals surface area contributed by atoms with Crippen LogP contribution in [0.15, 0.2) is 17.3 Å². The van der Waals surface area contributed by atoms with Gasteiger partial charge in [0, 0.05) is 30.4 Å². The van der Waals surface area contributed by atoms with E-state index in [1.165, 1.54) is 0 Å². The predicted molar refractivity (Wildman–Crippen MR) is 118 cm³/mol. The van der Waals surface area contributed by atoms with Gasteiger partial charge in [0.15, 0.2) is 0 Å². The third-order valence-corrected chi connectivity index (χ3v) is 9.08. The number of rotatable bonds is 5. The Morgan fingerprint density at radius 1 is 1.18 bits per heavy atom. The zero-order valence-electron chi connectivity index (χ0n) is 17.7. The van der Waals surface area contributed by atoms with Gasteiger partial charge in [0.2, 0.25) is 5.95 Å². The van der Waals surface area contributed by atoms with Gasteiger partial charge < -0.3 is 15.3 Å². The summed E-state index contributed by atoms with van der Waals surface area (Å²) in [4.78, 5) is 19.5. The molecule has 5 heterocycles. The van der Waals surface area contributed by atoms with Crippen molar-refractivity contribution in [1.29, 1.82) is 0 Å². The summed E-state index contributed by atoms with van der Waals surface area (Å²) in [6, 6.07) is 0.185. The van der Waals surface area contributed by atoms with Gasteiger partial charge in [-0.3, -0.25) is 4.21 Å². The van der Waals surface area contributed by atoms with Crippen LogP contribution < -0.4 is 10.2 Å². The fourth-order valence-electron chi connectivity index (χ4n) is 5.53. The van der Waals surface area contributed by atoms with Crippen LogP contribution in [0.4, 0.5) is 20.5 Å². The Bertz CT molecular complexity index is 1110. The first kappa shape index (κ1) is 21.5. The number of hydrogen-bond acceptors (Lipinski definition) is 8. The van der Waals surface area contributed by atoms with E-state index in [2.05, 4.69) is 25.3 Å². The standard InChI is InChI=1S/C21H23ClF2N6O2S/c22-12-7-25-17(26-8-12)11-4-13-6-14(5-11)30(13)19-27-16-15(33(32)10-21(16,23)24)18(28-19)29-20(9-31)2-1-3-20/h7-8,11,13-14,31H,1-6,9-10H2,(H,27,28,29)/t11?,13?,14?,33-/m0/s1. The first-order valence-corrected chi connectivity index (χ1v) is 12.8. The van der Waals surface area contributed by atoms with Crippen molar-refractivity contribution in [2.24, 2.45) is 0 Å². The van der Waals surface area contributed by atoms with E-state index >= 15 is 0 Å². The molecule has 2 N–H and O–H groups in total. The molecule has 2 aromatic rings. The minimum atomic E-state index is -3.28. The quantitative estimate of drug-likeness (QED) is 0.651. The van der Waals surface area contributed by atoms with Crippen LogP contribution in [0.25, 0.3) is 0 Å².